The first kappa shape index (κ1) is 19.6. The molecule has 1 saturated carbocycles. The number of carbonyl (C=O) groups is 1. The Morgan fingerprint density at radius 3 is 2.75 bits per heavy atom. The number of carbonyl (C=O) groups excluding carboxylic acids is 1. The van der Waals surface area contributed by atoms with Crippen LogP contribution in [0.2, 0.25) is 5.02 Å². The van der Waals surface area contributed by atoms with E-state index in [1.54, 1.807) is 23.5 Å². The highest BCUT2D eigenvalue weighted by molar-refractivity contribution is 7.80. The molecule has 0 unspecified atom stereocenters. The quantitative estimate of drug-likeness (QED) is 0.547. The molecule has 0 bridgehead atoms. The van der Waals surface area contributed by atoms with Gasteiger partial charge in [0, 0.05) is 15.6 Å². The van der Waals surface area contributed by atoms with Gasteiger partial charge < -0.3 is 25.7 Å². The van der Waals surface area contributed by atoms with E-state index < -0.39 is 30.2 Å². The van der Waals surface area contributed by atoms with Crippen LogP contribution >= 0.6 is 35.2 Å². The zero-order valence-electron chi connectivity index (χ0n) is 14.8. The molecule has 1 aliphatic carbocycles. The van der Waals surface area contributed by atoms with Crippen LogP contribution in [-0.4, -0.2) is 45.5 Å². The standard InChI is InChI=1S/C19H20ClN3O3S2/c20-10-3-5-11(6-4-10)23-16-13(18(26)21-9-12-2-1-7-28-12)8-14(24)17(25)15(16)22-19(23)27/h1-7,13-17,24-25H,8-9H2,(H,21,26)(H,22,27)/t13-,14-,15-,16-,17+/m1/s1. The monoisotopic (exact) mass is 437 g/mol. The van der Waals surface area contributed by atoms with Crippen molar-refractivity contribution in [3.05, 3.63) is 51.7 Å². The van der Waals surface area contributed by atoms with Crippen molar-refractivity contribution in [2.75, 3.05) is 4.90 Å². The fourth-order valence-corrected chi connectivity index (χ4v) is 5.09. The second-order valence-electron chi connectivity index (χ2n) is 7.01. The molecule has 6 nitrogen and oxygen atoms in total. The molecule has 0 radical (unpaired) electrons. The number of fused-ring (bicyclic) bond motifs is 1. The highest BCUT2D eigenvalue weighted by atomic mass is 35.5. The molecule has 1 saturated heterocycles. The summed E-state index contributed by atoms with van der Waals surface area (Å²) < 4.78 is 0. The van der Waals surface area contributed by atoms with Crippen molar-refractivity contribution in [2.45, 2.75) is 37.3 Å². The number of aliphatic hydroxyl groups is 2. The smallest absolute Gasteiger partial charge is 0.225 e. The predicted octanol–water partition coefficient (Wildman–Crippen LogP) is 1.89. The molecule has 2 fully saturated rings. The molecule has 1 aromatic carbocycles. The second-order valence-corrected chi connectivity index (χ2v) is 8.86. The highest BCUT2D eigenvalue weighted by Gasteiger charge is 2.53. The van der Waals surface area contributed by atoms with Gasteiger partial charge in [-0.3, -0.25) is 4.79 Å². The molecule has 2 heterocycles. The molecule has 1 amide bonds. The fraction of sp³-hybridized carbons (Fsp3) is 0.368. The van der Waals surface area contributed by atoms with Gasteiger partial charge in [-0.2, -0.15) is 0 Å². The molecule has 2 aromatic rings. The summed E-state index contributed by atoms with van der Waals surface area (Å²) in [5, 5.41) is 29.9. The third-order valence-corrected chi connectivity index (χ3v) is 6.75. The van der Waals surface area contributed by atoms with Gasteiger partial charge in [0.1, 0.15) is 6.10 Å². The molecule has 4 N–H and O–H groups in total. The summed E-state index contributed by atoms with van der Waals surface area (Å²) in [6.07, 6.45) is -1.85. The van der Waals surface area contributed by atoms with Crippen molar-refractivity contribution in [1.29, 1.82) is 0 Å². The molecule has 4 rings (SSSR count). The van der Waals surface area contributed by atoms with E-state index in [2.05, 4.69) is 10.6 Å². The molecule has 1 aliphatic heterocycles. The minimum atomic E-state index is -1.01. The zero-order valence-corrected chi connectivity index (χ0v) is 17.2. The van der Waals surface area contributed by atoms with Gasteiger partial charge in [-0.25, -0.2) is 0 Å². The van der Waals surface area contributed by atoms with Gasteiger partial charge in [0.15, 0.2) is 5.11 Å². The van der Waals surface area contributed by atoms with Crippen LogP contribution in [0.15, 0.2) is 41.8 Å². The van der Waals surface area contributed by atoms with Crippen LogP contribution in [0.3, 0.4) is 0 Å². The first-order chi connectivity index (χ1) is 13.5. The van der Waals surface area contributed by atoms with Crippen molar-refractivity contribution < 1.29 is 15.0 Å². The predicted molar refractivity (Wildman–Crippen MR) is 114 cm³/mol. The second kappa shape index (κ2) is 7.96. The van der Waals surface area contributed by atoms with Crippen molar-refractivity contribution in [2.24, 2.45) is 5.92 Å². The number of halogens is 1. The number of nitrogens with one attached hydrogen (secondary N) is 2. The van der Waals surface area contributed by atoms with Crippen LogP contribution < -0.4 is 15.5 Å². The van der Waals surface area contributed by atoms with Crippen molar-refractivity contribution in [3.63, 3.8) is 0 Å². The maximum absolute atomic E-state index is 13.0. The van der Waals surface area contributed by atoms with Crippen molar-refractivity contribution in [3.8, 4) is 0 Å². The maximum Gasteiger partial charge on any atom is 0.225 e. The summed E-state index contributed by atoms with van der Waals surface area (Å²) in [7, 11) is 0. The number of hydrogen-bond donors (Lipinski definition) is 4. The minimum Gasteiger partial charge on any atom is -0.390 e. The molecule has 0 spiro atoms. The molecule has 2 aliphatic rings. The van der Waals surface area contributed by atoms with Crippen LogP contribution in [0, 0.1) is 5.92 Å². The number of nitrogens with zero attached hydrogens (tertiary/aromatic N) is 1. The molecular weight excluding hydrogens is 418 g/mol. The Bertz CT molecular complexity index is 862. The Balaban J connectivity index is 1.61. The van der Waals surface area contributed by atoms with Crippen LogP contribution in [0.4, 0.5) is 5.69 Å². The van der Waals surface area contributed by atoms with Gasteiger partial charge in [-0.15, -0.1) is 11.3 Å². The molecule has 28 heavy (non-hydrogen) atoms. The Labute approximate surface area is 177 Å². The minimum absolute atomic E-state index is 0.160. The van der Waals surface area contributed by atoms with E-state index >= 15 is 0 Å². The van der Waals surface area contributed by atoms with Gasteiger partial charge in [0.2, 0.25) is 5.91 Å². The van der Waals surface area contributed by atoms with Crippen LogP contribution in [0.25, 0.3) is 0 Å². The van der Waals surface area contributed by atoms with Gasteiger partial charge in [-0.05, 0) is 54.4 Å². The number of rotatable bonds is 4. The SMILES string of the molecule is O=C(NCc1cccs1)[C@@H]1C[C@@H](O)[C@H](O)[C@@H]2NC(=S)N(c3ccc(Cl)cc3)[C@@H]21. The fourth-order valence-electron chi connectivity index (χ4n) is 3.96. The van der Waals surface area contributed by atoms with Crippen molar-refractivity contribution in [1.82, 2.24) is 10.6 Å². The lowest BCUT2D eigenvalue weighted by molar-refractivity contribution is -0.131. The van der Waals surface area contributed by atoms with E-state index in [-0.39, 0.29) is 12.3 Å². The zero-order chi connectivity index (χ0) is 19.8. The summed E-state index contributed by atoms with van der Waals surface area (Å²) in [5.74, 6) is -0.702. The molecule has 5 atom stereocenters. The molecule has 9 heteroatoms. The first-order valence-electron chi connectivity index (χ1n) is 8.97. The maximum atomic E-state index is 13.0. The average molecular weight is 438 g/mol. The van der Waals surface area contributed by atoms with Crippen LogP contribution in [-0.2, 0) is 11.3 Å². The summed E-state index contributed by atoms with van der Waals surface area (Å²) in [6.45, 7) is 0.432. The van der Waals surface area contributed by atoms with E-state index in [0.717, 1.165) is 10.6 Å². The number of benzene rings is 1. The van der Waals surface area contributed by atoms with E-state index in [1.165, 1.54) is 0 Å². The largest absolute Gasteiger partial charge is 0.390 e. The van der Waals surface area contributed by atoms with Crippen molar-refractivity contribution >= 4 is 51.9 Å². The van der Waals surface area contributed by atoms with Gasteiger partial charge in [0.25, 0.3) is 0 Å². The Kier molecular flexibility index (Phi) is 5.57. The van der Waals surface area contributed by atoms with E-state index in [4.69, 9.17) is 23.8 Å². The Hall–Kier alpha value is -1.71. The van der Waals surface area contributed by atoms with Gasteiger partial charge in [-0.1, -0.05) is 17.7 Å². The molecule has 1 aromatic heterocycles. The van der Waals surface area contributed by atoms with Crippen LogP contribution in [0.1, 0.15) is 11.3 Å². The highest BCUT2D eigenvalue weighted by Crippen LogP contribution is 2.37. The third kappa shape index (κ3) is 3.62. The lowest BCUT2D eigenvalue weighted by Crippen LogP contribution is -2.60. The third-order valence-electron chi connectivity index (χ3n) is 5.30. The Morgan fingerprint density at radius 1 is 1.32 bits per heavy atom. The summed E-state index contributed by atoms with van der Waals surface area (Å²) >= 11 is 13.1. The van der Waals surface area contributed by atoms with E-state index in [1.807, 2.05) is 34.5 Å². The lowest BCUT2D eigenvalue weighted by atomic mass is 9.77. The van der Waals surface area contributed by atoms with E-state index in [0.29, 0.717) is 16.7 Å². The van der Waals surface area contributed by atoms with Gasteiger partial charge in [0.05, 0.1) is 30.7 Å². The number of thiophene rings is 1. The number of anilines is 1. The summed E-state index contributed by atoms with van der Waals surface area (Å²) in [5.41, 5.74) is 0.786. The summed E-state index contributed by atoms with van der Waals surface area (Å²) in [6, 6.07) is 10.1. The average Bonchev–Trinajstić information content (AvgIpc) is 3.31. The molecule has 148 valence electrons. The van der Waals surface area contributed by atoms with Gasteiger partial charge >= 0.3 is 0 Å². The van der Waals surface area contributed by atoms with Crippen LogP contribution in [0.5, 0.6) is 0 Å². The first-order valence-corrected chi connectivity index (χ1v) is 10.6. The van der Waals surface area contributed by atoms with E-state index in [9.17, 15) is 15.0 Å². The summed E-state index contributed by atoms with van der Waals surface area (Å²) in [4.78, 5) is 15.9. The lowest BCUT2D eigenvalue weighted by Gasteiger charge is -2.41. The topological polar surface area (TPSA) is 84.8 Å². The normalized spacial score (nSPS) is 29.3. The Morgan fingerprint density at radius 2 is 2.07 bits per heavy atom. The number of thiocarbonyl (C=S) groups is 1. The number of hydrogen-bond acceptors (Lipinski definition) is 5. The number of amides is 1. The number of aliphatic hydroxyl groups excluding tert-OH is 2. The molecular formula is C19H20ClN3O3S2.